The van der Waals surface area contributed by atoms with E-state index in [1.165, 1.54) is 125 Å². The van der Waals surface area contributed by atoms with E-state index in [9.17, 15) is 0 Å². The zero-order valence-electron chi connectivity index (χ0n) is 52.7. The fraction of sp³-hybridized carbons (Fsp3) is 0. The first-order valence-corrected chi connectivity index (χ1v) is 33.5. The van der Waals surface area contributed by atoms with E-state index in [2.05, 4.69) is 373 Å². The van der Waals surface area contributed by atoms with Gasteiger partial charge in [0.2, 0.25) is 6.71 Å². The molecule has 6 aromatic heterocycles. The molecule has 0 fully saturated rings. The molecule has 0 atom stereocenters. The Morgan fingerprint density at radius 2 is 0.412 bits per heavy atom. The molecule has 21 rings (SSSR count). The molecule has 15 aromatic carbocycles. The summed E-state index contributed by atoms with van der Waals surface area (Å²) in [7, 11) is 0. The fourth-order valence-corrected chi connectivity index (χ4v) is 16.9. The molecular formula is C90H57BN6. The molecule has 0 aliphatic rings. The first-order valence-electron chi connectivity index (χ1n) is 33.5. The highest BCUT2D eigenvalue weighted by atomic mass is 15.1. The van der Waals surface area contributed by atoms with Gasteiger partial charge in [-0.3, -0.25) is 0 Å². The topological polar surface area (TPSA) is 29.6 Å². The van der Waals surface area contributed by atoms with Crippen molar-refractivity contribution in [1.29, 1.82) is 0 Å². The van der Waals surface area contributed by atoms with Crippen LogP contribution in [0.4, 0.5) is 0 Å². The van der Waals surface area contributed by atoms with Crippen molar-refractivity contribution >= 4 is 154 Å². The van der Waals surface area contributed by atoms with Crippen LogP contribution in [0.2, 0.25) is 0 Å². The van der Waals surface area contributed by atoms with Gasteiger partial charge in [0.05, 0.1) is 66.2 Å². The lowest BCUT2D eigenvalue weighted by molar-refractivity contribution is 1.13. The van der Waals surface area contributed by atoms with Crippen molar-refractivity contribution in [2.24, 2.45) is 0 Å². The van der Waals surface area contributed by atoms with Crippen molar-refractivity contribution in [2.45, 2.75) is 0 Å². The second-order valence-corrected chi connectivity index (χ2v) is 25.9. The Morgan fingerprint density at radius 1 is 0.144 bits per heavy atom. The molecule has 450 valence electrons. The number of hydrogen-bond donors (Lipinski definition) is 0. The van der Waals surface area contributed by atoms with Crippen molar-refractivity contribution in [3.05, 3.63) is 346 Å². The van der Waals surface area contributed by atoms with Crippen molar-refractivity contribution in [3.63, 3.8) is 0 Å². The monoisotopic (exact) mass is 1230 g/mol. The van der Waals surface area contributed by atoms with Crippen LogP contribution in [0.5, 0.6) is 0 Å². The SMILES string of the molecule is c1ccc(B(c2ccc3c(c2)c2ccccc2n3-c2cccc(-n3c4ccccc4c4ccc5c6ccccc6n(-c6ccccc6)c5c43)c2)c2ccc3c4ccccc4n(-c4cccc(-n5c6ccccc6c6ccc7c8ccccc8n(-c8ccccc8)c7c65)c4)c3c2)cc1. The summed E-state index contributed by atoms with van der Waals surface area (Å²) in [5.74, 6) is 0. The third-order valence-corrected chi connectivity index (χ3v) is 20.9. The number of benzene rings is 15. The molecular weight excluding hydrogens is 1180 g/mol. The van der Waals surface area contributed by atoms with Gasteiger partial charge in [-0.25, -0.2) is 0 Å². The average molecular weight is 1230 g/mol. The Balaban J connectivity index is 0.735. The van der Waals surface area contributed by atoms with Crippen molar-refractivity contribution in [3.8, 4) is 34.1 Å². The third-order valence-electron chi connectivity index (χ3n) is 20.9. The second-order valence-electron chi connectivity index (χ2n) is 25.9. The Morgan fingerprint density at radius 3 is 0.835 bits per heavy atom. The standard InChI is InChI=1S/C90H57BN6/c1-4-24-58(25-5-1)91(59-47-53-85-78(54-59)72-39-15-17-41-80(72)92(85)63-30-22-32-65(56-63)96-83-44-20-13-37-70(83)76-51-49-74-68-35-11-18-42-81(68)94(87(74)89(76)96)61-26-6-2-7-27-61)60-46-48-73-67-34-10-16-40-79(67)93(86(73)55-60)64-31-23-33-66(57-64)97-84-45-21-14-38-71(84)77-52-50-75-69-36-12-19-43-82(69)95(88(75)90(77)97)62-28-8-3-9-29-62/h1-57H. The maximum atomic E-state index is 2.51. The lowest BCUT2D eigenvalue weighted by atomic mass is 9.37. The highest BCUT2D eigenvalue weighted by Crippen LogP contribution is 2.45. The number of fused-ring (bicyclic) bond motifs is 20. The Hall–Kier alpha value is -12.8. The molecule has 0 aliphatic carbocycles. The van der Waals surface area contributed by atoms with Gasteiger partial charge in [0.25, 0.3) is 0 Å². The first kappa shape index (κ1) is 53.6. The van der Waals surface area contributed by atoms with E-state index in [1.54, 1.807) is 0 Å². The van der Waals surface area contributed by atoms with E-state index < -0.39 is 0 Å². The lowest BCUT2D eigenvalue weighted by Crippen LogP contribution is -2.51. The zero-order chi connectivity index (χ0) is 63.4. The van der Waals surface area contributed by atoms with Crippen LogP contribution in [0.1, 0.15) is 0 Å². The van der Waals surface area contributed by atoms with Gasteiger partial charge in [-0.2, -0.15) is 0 Å². The molecule has 6 heterocycles. The summed E-state index contributed by atoms with van der Waals surface area (Å²) in [6, 6.07) is 128. The molecule has 0 amide bonds. The molecule has 6 nitrogen and oxygen atoms in total. The normalized spacial score (nSPS) is 12.1. The number of para-hydroxylation sites is 8. The minimum atomic E-state index is -0.0896. The van der Waals surface area contributed by atoms with Crippen molar-refractivity contribution in [2.75, 3.05) is 0 Å². The highest BCUT2D eigenvalue weighted by Gasteiger charge is 2.28. The van der Waals surface area contributed by atoms with Crippen LogP contribution < -0.4 is 16.4 Å². The van der Waals surface area contributed by atoms with E-state index in [0.29, 0.717) is 0 Å². The van der Waals surface area contributed by atoms with Crippen LogP contribution in [-0.2, 0) is 0 Å². The van der Waals surface area contributed by atoms with Crippen molar-refractivity contribution < 1.29 is 0 Å². The minimum Gasteiger partial charge on any atom is -0.309 e. The lowest BCUT2D eigenvalue weighted by Gasteiger charge is -2.18. The number of nitrogens with zero attached hydrogens (tertiary/aromatic N) is 6. The molecule has 0 saturated heterocycles. The smallest absolute Gasteiger partial charge is 0.241 e. The van der Waals surface area contributed by atoms with Crippen LogP contribution >= 0.6 is 0 Å². The van der Waals surface area contributed by atoms with Gasteiger partial charge in [-0.15, -0.1) is 0 Å². The van der Waals surface area contributed by atoms with Gasteiger partial charge < -0.3 is 27.4 Å². The van der Waals surface area contributed by atoms with Crippen molar-refractivity contribution in [1.82, 2.24) is 27.4 Å². The number of hydrogen-bond acceptors (Lipinski definition) is 0. The summed E-state index contributed by atoms with van der Waals surface area (Å²) in [4.78, 5) is 0. The van der Waals surface area contributed by atoms with Gasteiger partial charge in [0, 0.05) is 98.8 Å². The third kappa shape index (κ3) is 7.79. The molecule has 0 unspecified atom stereocenters. The average Bonchev–Trinajstić information content (AvgIpc) is 1.56. The molecule has 0 bridgehead atoms. The van der Waals surface area contributed by atoms with E-state index >= 15 is 0 Å². The van der Waals surface area contributed by atoms with Crippen LogP contribution in [0, 0.1) is 0 Å². The summed E-state index contributed by atoms with van der Waals surface area (Å²) in [5, 5.41) is 14.7. The molecule has 0 saturated carbocycles. The van der Waals surface area contributed by atoms with Gasteiger partial charge >= 0.3 is 0 Å². The predicted octanol–water partition coefficient (Wildman–Crippen LogP) is 20.8. The molecule has 21 aromatic rings. The van der Waals surface area contributed by atoms with E-state index in [1.807, 2.05) is 0 Å². The largest absolute Gasteiger partial charge is 0.309 e. The van der Waals surface area contributed by atoms with Crippen LogP contribution in [0.3, 0.4) is 0 Å². The summed E-state index contributed by atoms with van der Waals surface area (Å²) >= 11 is 0. The first-order chi connectivity index (χ1) is 48.2. The zero-order valence-corrected chi connectivity index (χ0v) is 52.7. The number of aromatic nitrogens is 6. The maximum Gasteiger partial charge on any atom is 0.241 e. The van der Waals surface area contributed by atoms with E-state index in [4.69, 9.17) is 0 Å². The molecule has 0 aliphatic heterocycles. The minimum absolute atomic E-state index is 0.0896. The molecule has 7 heteroatoms. The van der Waals surface area contributed by atoms with Gasteiger partial charge in [0.15, 0.2) is 0 Å². The van der Waals surface area contributed by atoms with Crippen LogP contribution in [0.25, 0.3) is 165 Å². The fourth-order valence-electron chi connectivity index (χ4n) is 16.9. The Bertz CT molecular complexity index is 6820. The Labute approximate surface area is 557 Å². The highest BCUT2D eigenvalue weighted by molar-refractivity contribution is 6.95. The summed E-state index contributed by atoms with van der Waals surface area (Å²) < 4.78 is 14.9. The summed E-state index contributed by atoms with van der Waals surface area (Å²) in [5.41, 5.74) is 24.5. The maximum absolute atomic E-state index is 2.51. The molecule has 0 N–H and O–H groups in total. The number of rotatable bonds is 9. The van der Waals surface area contributed by atoms with E-state index in [0.717, 1.165) is 56.2 Å². The van der Waals surface area contributed by atoms with E-state index in [-0.39, 0.29) is 6.71 Å². The summed E-state index contributed by atoms with van der Waals surface area (Å²) in [6.07, 6.45) is 0. The van der Waals surface area contributed by atoms with Gasteiger partial charge in [-0.1, -0.05) is 253 Å². The molecule has 97 heavy (non-hydrogen) atoms. The van der Waals surface area contributed by atoms with Crippen LogP contribution in [0.15, 0.2) is 346 Å². The second kappa shape index (κ2) is 20.8. The molecule has 0 radical (unpaired) electrons. The Kier molecular flexibility index (Phi) is 11.5. The van der Waals surface area contributed by atoms with Gasteiger partial charge in [0.1, 0.15) is 0 Å². The quantitative estimate of drug-likeness (QED) is 0.129. The van der Waals surface area contributed by atoms with Gasteiger partial charge in [-0.05, 0) is 109 Å². The summed E-state index contributed by atoms with van der Waals surface area (Å²) in [6.45, 7) is -0.0896. The van der Waals surface area contributed by atoms with Crippen LogP contribution in [-0.4, -0.2) is 34.1 Å². The predicted molar refractivity (Wildman–Crippen MR) is 410 cm³/mol. The molecule has 0 spiro atoms.